The molecule has 0 N–H and O–H groups in total. The van der Waals surface area contributed by atoms with Gasteiger partial charge < -0.3 is 61.6 Å². The maximum Gasteiger partial charge on any atom is 0.350 e. The van der Waals surface area contributed by atoms with E-state index in [4.69, 9.17) is 61.6 Å². The molecular formula is C50H70O18. The third-order valence-corrected chi connectivity index (χ3v) is 17.4. The zero-order chi connectivity index (χ0) is 48.1. The predicted molar refractivity (Wildman–Crippen MR) is 229 cm³/mol. The summed E-state index contributed by atoms with van der Waals surface area (Å²) < 4.78 is 77.8. The number of hydrogen-bond acceptors (Lipinski definition) is 18. The average Bonchev–Trinajstić information content (AvgIpc) is 4.08. The van der Waals surface area contributed by atoms with E-state index in [-0.39, 0.29) is 46.4 Å². The Morgan fingerprint density at radius 1 is 0.603 bits per heavy atom. The van der Waals surface area contributed by atoms with Crippen LogP contribution in [0.3, 0.4) is 0 Å². The SMILES string of the molecule is CC(=O)OC1C(=O)OC2C3OC4(OC3OC12)C1CC2CC4CC(COC(=O)C(C)(C)C)(C2)C1.CCOC(C)OC1C(=O)OC2C3OC4(OC3OC12)C1CC2CC4CC(COC(=O)C(C)(C)C)(C2)C1. The standard InChI is InChI=1S/C26H38O9.C24H32O9/c1-6-29-13(2)31-19-17-18(32-21(19)27)20-22(33-17)35-26(34-20)15-7-14-8-16(26)11-25(9-14,10-15)12-30-23(28)24(3,4)5;1-11(25)29-17-15-16(30-19(17)26)18-20(31-15)33-24(32-18)13-5-12-6-14(24)9-23(7-12,8-13)10-28-21(27)22(2,3)4/h13-20,22H,6-12H2,1-5H3;12-18,20H,5-10H2,1-4H3. The number of esters is 5. The van der Waals surface area contributed by atoms with Gasteiger partial charge in [-0.15, -0.1) is 0 Å². The fourth-order valence-electron chi connectivity index (χ4n) is 15.1. The van der Waals surface area contributed by atoms with Gasteiger partial charge in [-0.25, -0.2) is 9.59 Å². The topological polar surface area (TPSA) is 205 Å². The first kappa shape index (κ1) is 47.4. The summed E-state index contributed by atoms with van der Waals surface area (Å²) >= 11 is 0. The van der Waals surface area contributed by atoms with E-state index in [0.29, 0.717) is 31.7 Å². The van der Waals surface area contributed by atoms with Gasteiger partial charge in [0.25, 0.3) is 0 Å². The van der Waals surface area contributed by atoms with Crippen molar-refractivity contribution in [3.8, 4) is 0 Å². The largest absolute Gasteiger partial charge is 0.465 e. The Kier molecular flexibility index (Phi) is 11.3. The smallest absolute Gasteiger partial charge is 0.350 e. The Labute approximate surface area is 397 Å². The molecule has 6 saturated heterocycles. The highest BCUT2D eigenvalue weighted by molar-refractivity contribution is 5.82. The van der Waals surface area contributed by atoms with E-state index in [1.807, 2.05) is 48.5 Å². The van der Waals surface area contributed by atoms with Crippen LogP contribution in [0.2, 0.25) is 0 Å². The summed E-state index contributed by atoms with van der Waals surface area (Å²) in [4.78, 5) is 61.0. The lowest BCUT2D eigenvalue weighted by atomic mass is 9.47. The second-order valence-electron chi connectivity index (χ2n) is 24.5. The molecule has 0 aromatic heterocycles. The van der Waals surface area contributed by atoms with Gasteiger partial charge in [0.05, 0.1) is 24.0 Å². The normalized spacial score (nSPS) is 48.7. The zero-order valence-electron chi connectivity index (χ0n) is 40.9. The van der Waals surface area contributed by atoms with Crippen molar-refractivity contribution in [2.45, 2.75) is 206 Å². The van der Waals surface area contributed by atoms with E-state index in [9.17, 15) is 24.0 Å². The van der Waals surface area contributed by atoms with Gasteiger partial charge in [0.2, 0.25) is 6.10 Å². The maximum atomic E-state index is 12.5. The van der Waals surface area contributed by atoms with Crippen molar-refractivity contribution >= 4 is 29.8 Å². The van der Waals surface area contributed by atoms with Crippen LogP contribution in [0.1, 0.15) is 127 Å². The second kappa shape index (κ2) is 16.3. The van der Waals surface area contributed by atoms with Gasteiger partial charge in [0, 0.05) is 48.0 Å². The number of fused-ring (bicyclic) bond motifs is 6. The molecule has 6 heterocycles. The molecule has 15 unspecified atom stereocenters. The van der Waals surface area contributed by atoms with Crippen molar-refractivity contribution in [2.75, 3.05) is 19.8 Å². The van der Waals surface area contributed by atoms with Crippen LogP contribution >= 0.6 is 0 Å². The fourth-order valence-corrected chi connectivity index (χ4v) is 15.1. The molecule has 14 rings (SSSR count). The van der Waals surface area contributed by atoms with Crippen LogP contribution in [0, 0.1) is 57.2 Å². The number of hydrogen-bond donors (Lipinski definition) is 0. The highest BCUT2D eigenvalue weighted by atomic mass is 16.9. The molecule has 8 aliphatic carbocycles. The van der Waals surface area contributed by atoms with Gasteiger partial charge in [0.1, 0.15) is 12.2 Å². The number of ether oxygens (including phenoxy) is 13. The minimum atomic E-state index is -1.08. The van der Waals surface area contributed by atoms with Gasteiger partial charge in [-0.1, -0.05) is 0 Å². The summed E-state index contributed by atoms with van der Waals surface area (Å²) in [5.74, 6) is -1.49. The molecule has 6 aliphatic heterocycles. The highest BCUT2D eigenvalue weighted by Gasteiger charge is 2.75. The quantitative estimate of drug-likeness (QED) is 0.169. The van der Waals surface area contributed by atoms with E-state index >= 15 is 0 Å². The summed E-state index contributed by atoms with van der Waals surface area (Å²) in [5, 5.41) is 0. The fraction of sp³-hybridized carbons (Fsp3) is 0.900. The monoisotopic (exact) mass is 958 g/mol. The first-order valence-electron chi connectivity index (χ1n) is 25.3. The van der Waals surface area contributed by atoms with Crippen molar-refractivity contribution in [3.05, 3.63) is 0 Å². The van der Waals surface area contributed by atoms with E-state index in [0.717, 1.165) is 64.2 Å². The molecule has 0 aromatic rings. The van der Waals surface area contributed by atoms with Crippen LogP contribution in [0.25, 0.3) is 0 Å². The molecule has 378 valence electrons. The molecule has 8 bridgehead atoms. The number of carbonyl (C=O) groups is 5. The summed E-state index contributed by atoms with van der Waals surface area (Å²) in [6.45, 7) is 17.6. The lowest BCUT2D eigenvalue weighted by Gasteiger charge is -2.62. The molecule has 18 nitrogen and oxygen atoms in total. The second-order valence-corrected chi connectivity index (χ2v) is 24.5. The Balaban J connectivity index is 0.000000149. The molecule has 18 heteroatoms. The molecule has 68 heavy (non-hydrogen) atoms. The Hall–Kier alpha value is -2.97. The van der Waals surface area contributed by atoms with Gasteiger partial charge in [-0.2, -0.15) is 0 Å². The van der Waals surface area contributed by atoms with Crippen molar-refractivity contribution in [3.63, 3.8) is 0 Å². The summed E-state index contributed by atoms with van der Waals surface area (Å²) in [5.41, 5.74) is -1.07. The Morgan fingerprint density at radius 3 is 1.41 bits per heavy atom. The molecule has 14 fully saturated rings. The predicted octanol–water partition coefficient (Wildman–Crippen LogP) is 5.03. The first-order valence-corrected chi connectivity index (χ1v) is 25.3. The molecule has 15 atom stereocenters. The molecule has 8 saturated carbocycles. The molecule has 0 radical (unpaired) electrons. The lowest BCUT2D eigenvalue weighted by Crippen LogP contribution is -2.63. The van der Waals surface area contributed by atoms with Crippen molar-refractivity contribution in [1.29, 1.82) is 0 Å². The van der Waals surface area contributed by atoms with Gasteiger partial charge >= 0.3 is 29.8 Å². The molecule has 0 amide bonds. The van der Waals surface area contributed by atoms with Crippen LogP contribution in [0.5, 0.6) is 0 Å². The van der Waals surface area contributed by atoms with Crippen LogP contribution in [0.4, 0.5) is 0 Å². The van der Waals surface area contributed by atoms with Gasteiger partial charge in [-0.3, -0.25) is 14.4 Å². The lowest BCUT2D eigenvalue weighted by molar-refractivity contribution is -0.338. The highest BCUT2D eigenvalue weighted by Crippen LogP contribution is 2.69. The maximum absolute atomic E-state index is 12.5. The van der Waals surface area contributed by atoms with Crippen LogP contribution in [-0.4, -0.2) is 129 Å². The minimum Gasteiger partial charge on any atom is -0.465 e. The van der Waals surface area contributed by atoms with Crippen LogP contribution < -0.4 is 0 Å². The molecule has 0 aromatic carbocycles. The first-order chi connectivity index (χ1) is 32.0. The molecular weight excluding hydrogens is 889 g/mol. The van der Waals surface area contributed by atoms with E-state index in [1.165, 1.54) is 6.92 Å². The molecule has 2 spiro atoms. The van der Waals surface area contributed by atoms with Crippen LogP contribution in [0.15, 0.2) is 0 Å². The van der Waals surface area contributed by atoms with E-state index < -0.39 is 108 Å². The number of rotatable bonds is 9. The summed E-state index contributed by atoms with van der Waals surface area (Å²) in [6, 6.07) is 0. The Morgan fingerprint density at radius 2 is 1.01 bits per heavy atom. The van der Waals surface area contributed by atoms with Crippen molar-refractivity contribution < 1.29 is 85.6 Å². The summed E-state index contributed by atoms with van der Waals surface area (Å²) in [6.07, 6.45) is 2.62. The van der Waals surface area contributed by atoms with Gasteiger partial charge in [-0.05, 0) is 131 Å². The third kappa shape index (κ3) is 7.65. The van der Waals surface area contributed by atoms with Gasteiger partial charge in [0.15, 0.2) is 61.0 Å². The molecule has 14 aliphatic rings. The Bertz CT molecular complexity index is 2030. The van der Waals surface area contributed by atoms with Crippen molar-refractivity contribution in [1.82, 2.24) is 0 Å². The van der Waals surface area contributed by atoms with E-state index in [1.54, 1.807) is 6.92 Å². The zero-order valence-corrected chi connectivity index (χ0v) is 40.9. The average molecular weight is 959 g/mol. The number of carbonyl (C=O) groups excluding carboxylic acids is 5. The van der Waals surface area contributed by atoms with Crippen molar-refractivity contribution in [2.24, 2.45) is 57.2 Å². The third-order valence-electron chi connectivity index (χ3n) is 17.4. The van der Waals surface area contributed by atoms with Crippen LogP contribution in [-0.2, 0) is 85.6 Å². The summed E-state index contributed by atoms with van der Waals surface area (Å²) in [7, 11) is 0. The van der Waals surface area contributed by atoms with E-state index in [2.05, 4.69) is 0 Å². The minimum absolute atomic E-state index is 0.00928.